The van der Waals surface area contributed by atoms with E-state index in [2.05, 4.69) is 5.32 Å². The molecule has 1 rings (SSSR count). The molecular formula is C15H22N2O3. The number of hydrogen-bond donors (Lipinski definition) is 2. The second-order valence-corrected chi connectivity index (χ2v) is 5.36. The normalized spacial score (nSPS) is 10.9. The van der Waals surface area contributed by atoms with E-state index in [9.17, 15) is 9.59 Å². The summed E-state index contributed by atoms with van der Waals surface area (Å²) < 4.78 is 4.95. The number of amides is 1. The number of hydrogen-bond acceptors (Lipinski definition) is 4. The Morgan fingerprint density at radius 3 is 2.40 bits per heavy atom. The van der Waals surface area contributed by atoms with E-state index < -0.39 is 5.97 Å². The fourth-order valence-corrected chi connectivity index (χ4v) is 1.50. The van der Waals surface area contributed by atoms with E-state index in [4.69, 9.17) is 10.5 Å². The molecule has 5 heteroatoms. The van der Waals surface area contributed by atoms with Gasteiger partial charge in [-0.1, -0.05) is 19.1 Å². The number of esters is 1. The molecule has 110 valence electrons. The molecule has 0 saturated heterocycles. The Kier molecular flexibility index (Phi) is 5.55. The van der Waals surface area contributed by atoms with Crippen molar-refractivity contribution in [3.05, 3.63) is 29.8 Å². The van der Waals surface area contributed by atoms with Gasteiger partial charge in [0.15, 0.2) is 6.61 Å². The quantitative estimate of drug-likeness (QED) is 0.612. The van der Waals surface area contributed by atoms with Crippen molar-refractivity contribution < 1.29 is 14.3 Å². The van der Waals surface area contributed by atoms with Gasteiger partial charge >= 0.3 is 5.97 Å². The van der Waals surface area contributed by atoms with Gasteiger partial charge in [0.25, 0.3) is 5.91 Å². The summed E-state index contributed by atoms with van der Waals surface area (Å²) >= 11 is 0. The highest BCUT2D eigenvalue weighted by molar-refractivity contribution is 5.81. The van der Waals surface area contributed by atoms with Gasteiger partial charge in [-0.15, -0.1) is 0 Å². The molecule has 1 aromatic rings. The lowest BCUT2D eigenvalue weighted by Crippen LogP contribution is -2.44. The number of carbonyl (C=O) groups excluding carboxylic acids is 2. The Hall–Kier alpha value is -2.04. The molecule has 0 unspecified atom stereocenters. The Balaban J connectivity index is 2.36. The number of nitrogens with one attached hydrogen (secondary N) is 1. The molecular weight excluding hydrogens is 256 g/mol. The Bertz CT molecular complexity index is 467. The molecule has 0 aliphatic carbocycles. The fraction of sp³-hybridized carbons (Fsp3) is 0.467. The maximum Gasteiger partial charge on any atom is 0.310 e. The van der Waals surface area contributed by atoms with Gasteiger partial charge in [0, 0.05) is 11.2 Å². The molecule has 0 radical (unpaired) electrons. The van der Waals surface area contributed by atoms with Crippen LogP contribution in [0.4, 0.5) is 5.69 Å². The lowest BCUT2D eigenvalue weighted by atomic mass is 10.0. The summed E-state index contributed by atoms with van der Waals surface area (Å²) in [5.41, 5.74) is 6.71. The van der Waals surface area contributed by atoms with Crippen molar-refractivity contribution in [2.45, 2.75) is 39.2 Å². The van der Waals surface area contributed by atoms with Crippen LogP contribution in [0.5, 0.6) is 0 Å². The van der Waals surface area contributed by atoms with Crippen LogP contribution in [-0.2, 0) is 20.7 Å². The van der Waals surface area contributed by atoms with Gasteiger partial charge < -0.3 is 15.8 Å². The van der Waals surface area contributed by atoms with Crippen molar-refractivity contribution in [3.8, 4) is 0 Å². The summed E-state index contributed by atoms with van der Waals surface area (Å²) in [5.74, 6) is -0.721. The zero-order chi connectivity index (χ0) is 15.2. The van der Waals surface area contributed by atoms with Crippen LogP contribution in [0.15, 0.2) is 24.3 Å². The third kappa shape index (κ3) is 5.73. The first-order valence-corrected chi connectivity index (χ1v) is 6.63. The molecule has 0 spiro atoms. The van der Waals surface area contributed by atoms with Crippen molar-refractivity contribution >= 4 is 17.6 Å². The van der Waals surface area contributed by atoms with Crippen molar-refractivity contribution in [2.75, 3.05) is 12.3 Å². The summed E-state index contributed by atoms with van der Waals surface area (Å²) in [7, 11) is 0. The number of nitrogens with two attached hydrogens (primary N) is 1. The van der Waals surface area contributed by atoms with Crippen LogP contribution >= 0.6 is 0 Å². The highest BCUT2D eigenvalue weighted by atomic mass is 16.5. The summed E-state index contributed by atoms with van der Waals surface area (Å²) in [4.78, 5) is 23.2. The van der Waals surface area contributed by atoms with Crippen LogP contribution in [0.1, 0.15) is 32.8 Å². The summed E-state index contributed by atoms with van der Waals surface area (Å²) in [6, 6.07) is 6.96. The maximum absolute atomic E-state index is 11.6. The van der Waals surface area contributed by atoms with Gasteiger partial charge in [0.05, 0.1) is 6.42 Å². The van der Waals surface area contributed by atoms with Crippen LogP contribution in [0.3, 0.4) is 0 Å². The highest BCUT2D eigenvalue weighted by Crippen LogP contribution is 2.08. The zero-order valence-corrected chi connectivity index (χ0v) is 12.2. The molecule has 0 saturated carbocycles. The predicted octanol–water partition coefficient (Wildman–Crippen LogP) is 1.66. The topological polar surface area (TPSA) is 81.4 Å². The molecule has 5 nitrogen and oxygen atoms in total. The molecule has 0 aliphatic rings. The largest absolute Gasteiger partial charge is 0.455 e. The minimum atomic E-state index is -0.431. The zero-order valence-electron chi connectivity index (χ0n) is 12.2. The minimum absolute atomic E-state index is 0.130. The van der Waals surface area contributed by atoms with Crippen molar-refractivity contribution in [3.63, 3.8) is 0 Å². The van der Waals surface area contributed by atoms with E-state index >= 15 is 0 Å². The van der Waals surface area contributed by atoms with E-state index in [1.807, 2.05) is 20.8 Å². The maximum atomic E-state index is 11.6. The van der Waals surface area contributed by atoms with Gasteiger partial charge in [-0.2, -0.15) is 0 Å². The number of carbonyl (C=O) groups is 2. The molecule has 1 amide bonds. The lowest BCUT2D eigenvalue weighted by molar-refractivity contribution is -0.148. The third-order valence-corrected chi connectivity index (χ3v) is 3.05. The standard InChI is InChI=1S/C15H22N2O3/c1-4-15(2,3)17-13(18)10-20-14(19)9-11-5-7-12(16)8-6-11/h5-8H,4,9-10,16H2,1-3H3,(H,17,18). The number of ether oxygens (including phenoxy) is 1. The second kappa shape index (κ2) is 6.93. The Morgan fingerprint density at radius 1 is 1.25 bits per heavy atom. The summed E-state index contributed by atoms with van der Waals surface area (Å²) in [6.45, 7) is 5.56. The summed E-state index contributed by atoms with van der Waals surface area (Å²) in [5, 5.41) is 2.80. The first-order chi connectivity index (χ1) is 9.32. The number of nitrogen functional groups attached to an aromatic ring is 1. The van der Waals surface area contributed by atoms with Gasteiger partial charge in [-0.05, 0) is 38.0 Å². The number of rotatable bonds is 6. The number of benzene rings is 1. The van der Waals surface area contributed by atoms with Crippen molar-refractivity contribution in [2.24, 2.45) is 0 Å². The van der Waals surface area contributed by atoms with Gasteiger partial charge in [0.1, 0.15) is 0 Å². The number of anilines is 1. The highest BCUT2D eigenvalue weighted by Gasteiger charge is 2.18. The molecule has 0 atom stereocenters. The second-order valence-electron chi connectivity index (χ2n) is 5.36. The van der Waals surface area contributed by atoms with E-state index in [0.29, 0.717) is 5.69 Å². The van der Waals surface area contributed by atoms with Crippen LogP contribution in [0.25, 0.3) is 0 Å². The lowest BCUT2D eigenvalue weighted by Gasteiger charge is -2.24. The van der Waals surface area contributed by atoms with E-state index in [-0.39, 0.29) is 24.5 Å². The molecule has 0 aliphatic heterocycles. The van der Waals surface area contributed by atoms with E-state index in [1.165, 1.54) is 0 Å². The summed E-state index contributed by atoms with van der Waals surface area (Å²) in [6.07, 6.45) is 0.933. The molecule has 0 fully saturated rings. The first kappa shape index (κ1) is 16.0. The minimum Gasteiger partial charge on any atom is -0.455 e. The smallest absolute Gasteiger partial charge is 0.310 e. The van der Waals surface area contributed by atoms with Gasteiger partial charge in [0.2, 0.25) is 0 Å². The van der Waals surface area contributed by atoms with E-state index in [1.54, 1.807) is 24.3 Å². The molecule has 3 N–H and O–H groups in total. The average Bonchev–Trinajstić information content (AvgIpc) is 2.39. The molecule has 0 heterocycles. The average molecular weight is 278 g/mol. The molecule has 0 bridgehead atoms. The molecule has 1 aromatic carbocycles. The SMILES string of the molecule is CCC(C)(C)NC(=O)COC(=O)Cc1ccc(N)cc1. The molecule has 0 aromatic heterocycles. The third-order valence-electron chi connectivity index (χ3n) is 3.05. The van der Waals surface area contributed by atoms with Crippen molar-refractivity contribution in [1.29, 1.82) is 0 Å². The Morgan fingerprint density at radius 2 is 1.85 bits per heavy atom. The van der Waals surface area contributed by atoms with Crippen molar-refractivity contribution in [1.82, 2.24) is 5.32 Å². The Labute approximate surface area is 119 Å². The van der Waals surface area contributed by atoms with Gasteiger partial charge in [-0.3, -0.25) is 9.59 Å². The monoisotopic (exact) mass is 278 g/mol. The van der Waals surface area contributed by atoms with Crippen LogP contribution in [0, 0.1) is 0 Å². The van der Waals surface area contributed by atoms with Crippen LogP contribution in [-0.4, -0.2) is 24.0 Å². The molecule has 20 heavy (non-hydrogen) atoms. The first-order valence-electron chi connectivity index (χ1n) is 6.63. The van der Waals surface area contributed by atoms with Crippen LogP contribution in [0.2, 0.25) is 0 Å². The van der Waals surface area contributed by atoms with Crippen LogP contribution < -0.4 is 11.1 Å². The fourth-order valence-electron chi connectivity index (χ4n) is 1.50. The predicted molar refractivity (Wildman–Crippen MR) is 78.0 cm³/mol. The van der Waals surface area contributed by atoms with E-state index in [0.717, 1.165) is 12.0 Å². The van der Waals surface area contributed by atoms with Gasteiger partial charge in [-0.25, -0.2) is 0 Å².